The Morgan fingerprint density at radius 2 is 2.00 bits per heavy atom. The number of anilines is 1. The zero-order valence-corrected chi connectivity index (χ0v) is 7.33. The van der Waals surface area contributed by atoms with Gasteiger partial charge in [-0.25, -0.2) is 0 Å². The maximum absolute atomic E-state index is 9.54. The molecule has 0 bridgehead atoms. The maximum Gasteiger partial charge on any atom is 0.143 e. The van der Waals surface area contributed by atoms with E-state index in [2.05, 4.69) is 0 Å². The van der Waals surface area contributed by atoms with E-state index in [9.17, 15) is 5.11 Å². The van der Waals surface area contributed by atoms with Gasteiger partial charge in [0.05, 0.1) is 5.69 Å². The van der Waals surface area contributed by atoms with Gasteiger partial charge in [0, 0.05) is 11.6 Å². The van der Waals surface area contributed by atoms with Gasteiger partial charge in [0.25, 0.3) is 0 Å². The maximum atomic E-state index is 9.54. The van der Waals surface area contributed by atoms with Crippen LogP contribution in [0, 0.1) is 6.92 Å². The highest BCUT2D eigenvalue weighted by Gasteiger charge is 2.11. The standard InChI is InChI=1S/C9H14N2O/c1-5-3-4-7(11)9(12)8(5)6(2)10/h3-4,6,12H,10-11H2,1-2H3/t6-/m1/s1. The molecule has 66 valence electrons. The molecule has 1 rings (SSSR count). The largest absolute Gasteiger partial charge is 0.505 e. The van der Waals surface area contributed by atoms with Gasteiger partial charge in [-0.2, -0.15) is 0 Å². The molecule has 0 aliphatic heterocycles. The van der Waals surface area contributed by atoms with Crippen LogP contribution in [0.1, 0.15) is 24.1 Å². The Balaban J connectivity index is 3.33. The number of aryl methyl sites for hydroxylation is 1. The fourth-order valence-corrected chi connectivity index (χ4v) is 1.30. The summed E-state index contributed by atoms with van der Waals surface area (Å²) in [6, 6.07) is 3.35. The summed E-state index contributed by atoms with van der Waals surface area (Å²) < 4.78 is 0. The van der Waals surface area contributed by atoms with E-state index in [0.717, 1.165) is 11.1 Å². The van der Waals surface area contributed by atoms with Crippen molar-refractivity contribution in [3.8, 4) is 5.75 Å². The van der Waals surface area contributed by atoms with Crippen molar-refractivity contribution >= 4 is 5.69 Å². The van der Waals surface area contributed by atoms with E-state index < -0.39 is 0 Å². The third-order valence-corrected chi connectivity index (χ3v) is 1.92. The number of rotatable bonds is 1. The van der Waals surface area contributed by atoms with Crippen molar-refractivity contribution in [1.82, 2.24) is 0 Å². The van der Waals surface area contributed by atoms with E-state index in [0.29, 0.717) is 5.69 Å². The summed E-state index contributed by atoms with van der Waals surface area (Å²) >= 11 is 0. The van der Waals surface area contributed by atoms with Crippen LogP contribution in [0.4, 0.5) is 5.69 Å². The van der Waals surface area contributed by atoms with E-state index in [1.54, 1.807) is 6.07 Å². The molecule has 0 radical (unpaired) electrons. The van der Waals surface area contributed by atoms with Crippen molar-refractivity contribution in [2.45, 2.75) is 19.9 Å². The Bertz CT molecular complexity index is 295. The summed E-state index contributed by atoms with van der Waals surface area (Å²) in [4.78, 5) is 0. The van der Waals surface area contributed by atoms with Crippen LogP contribution in [0.5, 0.6) is 5.75 Å². The first kappa shape index (κ1) is 8.87. The molecule has 1 atom stereocenters. The minimum atomic E-state index is -0.187. The molecule has 0 unspecified atom stereocenters. The van der Waals surface area contributed by atoms with Crippen LogP contribution in [0.15, 0.2) is 12.1 Å². The number of phenolic OH excluding ortho intramolecular Hbond substituents is 1. The van der Waals surface area contributed by atoms with E-state index in [1.807, 2.05) is 19.9 Å². The van der Waals surface area contributed by atoms with Gasteiger partial charge in [0.15, 0.2) is 0 Å². The lowest BCUT2D eigenvalue weighted by atomic mass is 10.0. The number of nitrogens with two attached hydrogens (primary N) is 2. The molecule has 3 heteroatoms. The molecule has 5 N–H and O–H groups in total. The normalized spacial score (nSPS) is 12.9. The average Bonchev–Trinajstić information content (AvgIpc) is 1.97. The number of nitrogen functional groups attached to an aromatic ring is 1. The average molecular weight is 166 g/mol. The first-order chi connectivity index (χ1) is 5.54. The van der Waals surface area contributed by atoms with Crippen LogP contribution in [-0.4, -0.2) is 5.11 Å². The molecule has 0 spiro atoms. The van der Waals surface area contributed by atoms with Gasteiger partial charge in [-0.3, -0.25) is 0 Å². The first-order valence-electron chi connectivity index (χ1n) is 3.87. The topological polar surface area (TPSA) is 72.3 Å². The summed E-state index contributed by atoms with van der Waals surface area (Å²) in [7, 11) is 0. The van der Waals surface area contributed by atoms with Gasteiger partial charge >= 0.3 is 0 Å². The smallest absolute Gasteiger partial charge is 0.143 e. The second-order valence-electron chi connectivity index (χ2n) is 3.02. The van der Waals surface area contributed by atoms with Gasteiger partial charge in [-0.05, 0) is 25.5 Å². The molecule has 0 aromatic heterocycles. The second-order valence-corrected chi connectivity index (χ2v) is 3.02. The fourth-order valence-electron chi connectivity index (χ4n) is 1.30. The van der Waals surface area contributed by atoms with Gasteiger partial charge in [-0.1, -0.05) is 6.07 Å². The molecule has 1 aromatic rings. The van der Waals surface area contributed by atoms with Crippen molar-refractivity contribution < 1.29 is 5.11 Å². The second kappa shape index (κ2) is 3.03. The lowest BCUT2D eigenvalue weighted by molar-refractivity contribution is 0.465. The molecule has 0 aliphatic rings. The van der Waals surface area contributed by atoms with E-state index >= 15 is 0 Å². The highest BCUT2D eigenvalue weighted by atomic mass is 16.3. The predicted octanol–water partition coefficient (Wildman–Crippen LogP) is 1.30. The van der Waals surface area contributed by atoms with Crippen LogP contribution in [0.3, 0.4) is 0 Å². The summed E-state index contributed by atoms with van der Waals surface area (Å²) in [6.45, 7) is 3.72. The Labute approximate surface area is 72.0 Å². The highest BCUT2D eigenvalue weighted by molar-refractivity contribution is 5.59. The fraction of sp³-hybridized carbons (Fsp3) is 0.333. The van der Waals surface area contributed by atoms with Crippen molar-refractivity contribution in [1.29, 1.82) is 0 Å². The van der Waals surface area contributed by atoms with Crippen molar-refractivity contribution in [2.24, 2.45) is 5.73 Å². The summed E-state index contributed by atoms with van der Waals surface area (Å²) in [5.41, 5.74) is 13.3. The monoisotopic (exact) mass is 166 g/mol. The molecule has 0 saturated carbocycles. The SMILES string of the molecule is Cc1ccc(N)c(O)c1[C@@H](C)N. The first-order valence-corrected chi connectivity index (χ1v) is 3.87. The number of aromatic hydroxyl groups is 1. The highest BCUT2D eigenvalue weighted by Crippen LogP contribution is 2.31. The zero-order chi connectivity index (χ0) is 9.30. The molecular weight excluding hydrogens is 152 g/mol. The van der Waals surface area contributed by atoms with Gasteiger partial charge in [-0.15, -0.1) is 0 Å². The molecule has 3 nitrogen and oxygen atoms in total. The number of benzene rings is 1. The lowest BCUT2D eigenvalue weighted by Gasteiger charge is -2.13. The van der Waals surface area contributed by atoms with Crippen LogP contribution in [0.25, 0.3) is 0 Å². The molecule has 1 aromatic carbocycles. The van der Waals surface area contributed by atoms with Gasteiger partial charge < -0.3 is 16.6 Å². The molecule has 0 fully saturated rings. The lowest BCUT2D eigenvalue weighted by Crippen LogP contribution is -2.08. The minimum Gasteiger partial charge on any atom is -0.505 e. The molecule has 0 amide bonds. The van der Waals surface area contributed by atoms with E-state index in [1.165, 1.54) is 0 Å². The zero-order valence-electron chi connectivity index (χ0n) is 7.33. The third-order valence-electron chi connectivity index (χ3n) is 1.92. The molecular formula is C9H14N2O. The summed E-state index contributed by atoms with van der Waals surface area (Å²) in [5.74, 6) is 0.116. The van der Waals surface area contributed by atoms with Crippen molar-refractivity contribution in [2.75, 3.05) is 5.73 Å². The minimum absolute atomic E-state index is 0.116. The Morgan fingerprint density at radius 1 is 1.42 bits per heavy atom. The molecule has 0 aliphatic carbocycles. The third kappa shape index (κ3) is 1.36. The molecule has 0 heterocycles. The number of hydrogen-bond acceptors (Lipinski definition) is 3. The van der Waals surface area contributed by atoms with Crippen molar-refractivity contribution in [3.05, 3.63) is 23.3 Å². The number of phenols is 1. The number of hydrogen-bond donors (Lipinski definition) is 3. The summed E-state index contributed by atoms with van der Waals surface area (Å²) in [5, 5.41) is 9.54. The van der Waals surface area contributed by atoms with Crippen LogP contribution in [0.2, 0.25) is 0 Å². The molecule has 12 heavy (non-hydrogen) atoms. The quantitative estimate of drug-likeness (QED) is 0.435. The van der Waals surface area contributed by atoms with Gasteiger partial charge in [0.1, 0.15) is 5.75 Å². The Hall–Kier alpha value is -1.22. The Morgan fingerprint density at radius 3 is 2.42 bits per heavy atom. The van der Waals surface area contributed by atoms with E-state index in [4.69, 9.17) is 11.5 Å². The van der Waals surface area contributed by atoms with Crippen LogP contribution >= 0.6 is 0 Å². The van der Waals surface area contributed by atoms with Crippen LogP contribution < -0.4 is 11.5 Å². The summed E-state index contributed by atoms with van der Waals surface area (Å²) in [6.07, 6.45) is 0. The van der Waals surface area contributed by atoms with E-state index in [-0.39, 0.29) is 11.8 Å². The molecule has 0 saturated heterocycles. The van der Waals surface area contributed by atoms with Crippen molar-refractivity contribution in [3.63, 3.8) is 0 Å². The van der Waals surface area contributed by atoms with Gasteiger partial charge in [0.2, 0.25) is 0 Å². The predicted molar refractivity (Wildman–Crippen MR) is 49.9 cm³/mol. The Kier molecular flexibility index (Phi) is 2.24. The van der Waals surface area contributed by atoms with Crippen LogP contribution in [-0.2, 0) is 0 Å².